The maximum absolute atomic E-state index is 13.9. The van der Waals surface area contributed by atoms with Gasteiger partial charge in [0.1, 0.15) is 6.04 Å². The van der Waals surface area contributed by atoms with E-state index < -0.39 is 35.3 Å². The summed E-state index contributed by atoms with van der Waals surface area (Å²) in [6.45, 7) is 0.0872. The zero-order valence-corrected chi connectivity index (χ0v) is 16.4. The van der Waals surface area contributed by atoms with E-state index >= 15 is 0 Å². The Bertz CT molecular complexity index is 1160. The van der Waals surface area contributed by atoms with Gasteiger partial charge < -0.3 is 15.2 Å². The van der Waals surface area contributed by atoms with Crippen LogP contribution >= 0.6 is 0 Å². The maximum Gasteiger partial charge on any atom is 0.229 e. The molecule has 4 rings (SSSR count). The van der Waals surface area contributed by atoms with Gasteiger partial charge in [0.25, 0.3) is 0 Å². The van der Waals surface area contributed by atoms with Crippen LogP contribution in [0.1, 0.15) is 25.0 Å². The van der Waals surface area contributed by atoms with Crippen LogP contribution in [0.4, 0.5) is 13.2 Å². The van der Waals surface area contributed by atoms with Crippen molar-refractivity contribution in [3.63, 3.8) is 0 Å². The molecule has 9 heteroatoms. The van der Waals surface area contributed by atoms with E-state index in [1.165, 1.54) is 11.0 Å². The van der Waals surface area contributed by atoms with Crippen LogP contribution in [0.15, 0.2) is 36.1 Å². The Morgan fingerprint density at radius 1 is 1.26 bits per heavy atom. The van der Waals surface area contributed by atoms with E-state index in [4.69, 9.17) is 0 Å². The smallest absolute Gasteiger partial charge is 0.229 e. The van der Waals surface area contributed by atoms with E-state index in [1.54, 1.807) is 0 Å². The Morgan fingerprint density at radius 2 is 2.06 bits per heavy atom. The molecule has 1 saturated heterocycles. The third-order valence-electron chi connectivity index (χ3n) is 5.59. The number of aromatic amines is 1. The predicted octanol–water partition coefficient (Wildman–Crippen LogP) is 3.22. The first kappa shape index (κ1) is 20.7. The normalized spacial score (nSPS) is 20.6. The van der Waals surface area contributed by atoms with Crippen LogP contribution in [0, 0.1) is 34.7 Å². The van der Waals surface area contributed by atoms with Crippen LogP contribution in [-0.2, 0) is 16.0 Å². The molecule has 1 aromatic heterocycles. The van der Waals surface area contributed by atoms with Crippen molar-refractivity contribution in [1.29, 1.82) is 5.26 Å². The molecule has 2 aromatic rings. The molecule has 2 atom stereocenters. The topological polar surface area (TPSA) is 89.0 Å². The van der Waals surface area contributed by atoms with Crippen molar-refractivity contribution < 1.29 is 22.8 Å². The van der Waals surface area contributed by atoms with E-state index in [0.29, 0.717) is 0 Å². The predicted molar refractivity (Wildman–Crippen MR) is 106 cm³/mol. The zero-order chi connectivity index (χ0) is 22.1. The Kier molecular flexibility index (Phi) is 5.55. The molecule has 1 fully saturated rings. The number of carbonyl (C=O) groups excluding carboxylic acids is 2. The van der Waals surface area contributed by atoms with Gasteiger partial charge in [0.05, 0.1) is 23.9 Å². The SMILES string of the molecule is N#CC1CC(C(=O)NC2=CC=CCC2)CN1C(=O)Cc1cc2cc(F)c(F)c(F)c2[nH]1. The molecule has 2 amide bonds. The molecule has 0 bridgehead atoms. The lowest BCUT2D eigenvalue weighted by Crippen LogP contribution is -2.37. The van der Waals surface area contributed by atoms with Gasteiger partial charge in [-0.3, -0.25) is 9.59 Å². The van der Waals surface area contributed by atoms with Gasteiger partial charge in [0.15, 0.2) is 17.5 Å². The lowest BCUT2D eigenvalue weighted by Gasteiger charge is -2.19. The number of hydrogen-bond donors (Lipinski definition) is 2. The number of allylic oxidation sites excluding steroid dienone is 4. The van der Waals surface area contributed by atoms with Crippen LogP contribution in [0.3, 0.4) is 0 Å². The summed E-state index contributed by atoms with van der Waals surface area (Å²) in [5, 5.41) is 12.4. The highest BCUT2D eigenvalue weighted by atomic mass is 19.2. The number of carbonyl (C=O) groups is 2. The Labute approximate surface area is 176 Å². The van der Waals surface area contributed by atoms with E-state index in [2.05, 4.69) is 10.3 Å². The molecular formula is C22H19F3N4O2. The highest BCUT2D eigenvalue weighted by Gasteiger charge is 2.39. The summed E-state index contributed by atoms with van der Waals surface area (Å²) in [4.78, 5) is 29.3. The molecule has 2 heterocycles. The van der Waals surface area contributed by atoms with E-state index in [9.17, 15) is 28.0 Å². The first-order valence-corrected chi connectivity index (χ1v) is 9.88. The summed E-state index contributed by atoms with van der Waals surface area (Å²) in [5.74, 6) is -5.46. The van der Waals surface area contributed by atoms with Crippen molar-refractivity contribution >= 4 is 22.7 Å². The first-order valence-electron chi connectivity index (χ1n) is 9.88. The number of amides is 2. The second kappa shape index (κ2) is 8.30. The van der Waals surface area contributed by atoms with Crippen LogP contribution in [0.2, 0.25) is 0 Å². The minimum atomic E-state index is -1.59. The van der Waals surface area contributed by atoms with E-state index in [0.717, 1.165) is 24.6 Å². The Hall–Kier alpha value is -3.54. The van der Waals surface area contributed by atoms with Crippen LogP contribution in [0.25, 0.3) is 10.9 Å². The van der Waals surface area contributed by atoms with Gasteiger partial charge in [-0.2, -0.15) is 5.26 Å². The number of nitrogens with one attached hydrogen (secondary N) is 2. The molecule has 1 aromatic carbocycles. The van der Waals surface area contributed by atoms with Crippen molar-refractivity contribution in [3.05, 3.63) is 59.2 Å². The molecule has 2 unspecified atom stereocenters. The van der Waals surface area contributed by atoms with Crippen molar-refractivity contribution in [2.24, 2.45) is 5.92 Å². The monoisotopic (exact) mass is 428 g/mol. The molecule has 2 N–H and O–H groups in total. The molecular weight excluding hydrogens is 409 g/mol. The average molecular weight is 428 g/mol. The van der Waals surface area contributed by atoms with Crippen molar-refractivity contribution in [2.75, 3.05) is 6.54 Å². The Balaban J connectivity index is 1.46. The number of likely N-dealkylation sites (tertiary alicyclic amines) is 1. The standard InChI is InChI=1S/C22H19F3N4O2/c23-17-8-12-6-15(27-21(12)20(25)19(17)24)9-18(30)29-11-13(7-16(29)10-26)22(31)28-14-4-2-1-3-5-14/h1-2,4,6,8,13,16,27H,3,5,7,9,11H2,(H,28,31). The lowest BCUT2D eigenvalue weighted by molar-refractivity contribution is -0.130. The summed E-state index contributed by atoms with van der Waals surface area (Å²) in [6, 6.07) is 3.50. The minimum Gasteiger partial charge on any atom is -0.355 e. The number of hydrogen-bond acceptors (Lipinski definition) is 3. The third kappa shape index (κ3) is 4.06. The summed E-state index contributed by atoms with van der Waals surface area (Å²) in [6.07, 6.45) is 7.23. The highest BCUT2D eigenvalue weighted by Crippen LogP contribution is 2.27. The minimum absolute atomic E-state index is 0.0872. The van der Waals surface area contributed by atoms with Gasteiger partial charge in [-0.25, -0.2) is 13.2 Å². The quantitative estimate of drug-likeness (QED) is 0.733. The highest BCUT2D eigenvalue weighted by molar-refractivity contribution is 5.86. The van der Waals surface area contributed by atoms with Gasteiger partial charge in [-0.15, -0.1) is 0 Å². The van der Waals surface area contributed by atoms with E-state index in [1.807, 2.05) is 24.3 Å². The third-order valence-corrected chi connectivity index (χ3v) is 5.59. The molecule has 0 spiro atoms. The van der Waals surface area contributed by atoms with Crippen molar-refractivity contribution in [1.82, 2.24) is 15.2 Å². The molecule has 0 saturated carbocycles. The van der Waals surface area contributed by atoms with Crippen LogP contribution in [-0.4, -0.2) is 34.3 Å². The number of nitrogens with zero attached hydrogens (tertiary/aromatic N) is 2. The summed E-state index contributed by atoms with van der Waals surface area (Å²) >= 11 is 0. The molecule has 2 aliphatic rings. The first-order chi connectivity index (χ1) is 14.9. The maximum atomic E-state index is 13.9. The van der Waals surface area contributed by atoms with E-state index in [-0.39, 0.29) is 41.9 Å². The van der Waals surface area contributed by atoms with Crippen LogP contribution < -0.4 is 5.32 Å². The molecule has 1 aliphatic carbocycles. The fourth-order valence-corrected chi connectivity index (χ4v) is 3.99. The summed E-state index contributed by atoms with van der Waals surface area (Å²) in [5.41, 5.74) is 0.824. The lowest BCUT2D eigenvalue weighted by atomic mass is 10.0. The number of nitriles is 1. The zero-order valence-electron chi connectivity index (χ0n) is 16.4. The molecule has 160 valence electrons. The van der Waals surface area contributed by atoms with Crippen molar-refractivity contribution in [3.8, 4) is 6.07 Å². The van der Waals surface area contributed by atoms with Crippen molar-refractivity contribution in [2.45, 2.75) is 31.7 Å². The van der Waals surface area contributed by atoms with Gasteiger partial charge in [0.2, 0.25) is 11.8 Å². The summed E-state index contributed by atoms with van der Waals surface area (Å²) in [7, 11) is 0. The van der Waals surface area contributed by atoms with Gasteiger partial charge in [-0.1, -0.05) is 12.2 Å². The number of halogens is 3. The summed E-state index contributed by atoms with van der Waals surface area (Å²) < 4.78 is 40.8. The second-order valence-electron chi connectivity index (χ2n) is 7.69. The number of H-pyrrole nitrogens is 1. The molecule has 1 aliphatic heterocycles. The second-order valence-corrected chi connectivity index (χ2v) is 7.69. The fourth-order valence-electron chi connectivity index (χ4n) is 3.99. The van der Waals surface area contributed by atoms with Gasteiger partial charge in [-0.05, 0) is 37.5 Å². The largest absolute Gasteiger partial charge is 0.355 e. The number of aromatic nitrogens is 1. The van der Waals surface area contributed by atoms with Crippen LogP contribution in [0.5, 0.6) is 0 Å². The Morgan fingerprint density at radius 3 is 2.77 bits per heavy atom. The molecule has 0 radical (unpaired) electrons. The number of fused-ring (bicyclic) bond motifs is 1. The number of benzene rings is 1. The number of rotatable bonds is 4. The average Bonchev–Trinajstić information content (AvgIpc) is 3.37. The fraction of sp³-hybridized carbons (Fsp3) is 0.318. The molecule has 31 heavy (non-hydrogen) atoms. The molecule has 6 nitrogen and oxygen atoms in total. The van der Waals surface area contributed by atoms with Gasteiger partial charge in [0, 0.05) is 23.3 Å². The van der Waals surface area contributed by atoms with Gasteiger partial charge >= 0.3 is 0 Å².